The number of hydrogen-bond acceptors (Lipinski definition) is 6. The Morgan fingerprint density at radius 1 is 1.16 bits per heavy atom. The molecule has 15 heteroatoms. The molecule has 3 heterocycles. The molecule has 3 aromatic heterocycles. The van der Waals surface area contributed by atoms with Crippen LogP contribution in [0.4, 0.5) is 38.0 Å². The number of nitrogens with two attached hydrogens (primary N) is 1. The highest BCUT2D eigenvalue weighted by atomic mass is 19.4. The molecule has 0 atom stereocenters. The number of carboxylic acids is 1. The van der Waals surface area contributed by atoms with Gasteiger partial charge in [0.15, 0.2) is 11.5 Å². The van der Waals surface area contributed by atoms with Crippen LogP contribution in [0, 0.1) is 0 Å². The molecule has 31 heavy (non-hydrogen) atoms. The number of amides is 1. The number of imidazole rings is 1. The highest BCUT2D eigenvalue weighted by Gasteiger charge is 2.38. The zero-order chi connectivity index (χ0) is 23.6. The largest absolute Gasteiger partial charge is 0.490 e. The molecule has 166 valence electrons. The lowest BCUT2D eigenvalue weighted by Crippen LogP contribution is -2.21. The Morgan fingerprint density at radius 3 is 2.29 bits per heavy atom. The molecule has 0 saturated heterocycles. The van der Waals surface area contributed by atoms with Crippen molar-refractivity contribution in [2.24, 2.45) is 0 Å². The second-order valence-electron chi connectivity index (χ2n) is 5.79. The standard InChI is InChI=1S/C14H11F3N6O.C2HF3O2/c1-7(24)20-11-6-23-12(21-11)3-2-10(22-23)8-4-9(14(15,16)17)13(18)19-5-8;3-2(4,5)1(6)7/h2-6H,1H3,(H2,18,19)(H,20,24);(H,6,7). The van der Waals surface area contributed by atoms with Crippen LogP contribution in [-0.2, 0) is 15.8 Å². The summed E-state index contributed by atoms with van der Waals surface area (Å²) in [6.45, 7) is 1.33. The first-order valence-corrected chi connectivity index (χ1v) is 7.95. The highest BCUT2D eigenvalue weighted by Crippen LogP contribution is 2.34. The first-order chi connectivity index (χ1) is 14.2. The van der Waals surface area contributed by atoms with E-state index in [4.69, 9.17) is 15.6 Å². The zero-order valence-corrected chi connectivity index (χ0v) is 15.3. The predicted molar refractivity (Wildman–Crippen MR) is 93.6 cm³/mol. The van der Waals surface area contributed by atoms with Crippen molar-refractivity contribution < 1.29 is 41.0 Å². The van der Waals surface area contributed by atoms with E-state index in [9.17, 15) is 31.1 Å². The molecular formula is C16H12F6N6O3. The summed E-state index contributed by atoms with van der Waals surface area (Å²) in [4.78, 5) is 27.6. The number of carboxylic acid groups (broad SMARTS) is 1. The van der Waals surface area contributed by atoms with E-state index < -0.39 is 29.7 Å². The molecule has 3 rings (SSSR count). The van der Waals surface area contributed by atoms with Gasteiger partial charge < -0.3 is 16.2 Å². The molecule has 0 bridgehead atoms. The minimum absolute atomic E-state index is 0.160. The second kappa shape index (κ2) is 8.45. The van der Waals surface area contributed by atoms with Gasteiger partial charge in [-0.25, -0.2) is 19.3 Å². The minimum Gasteiger partial charge on any atom is -0.475 e. The van der Waals surface area contributed by atoms with E-state index in [1.165, 1.54) is 29.9 Å². The fourth-order valence-electron chi connectivity index (χ4n) is 2.12. The summed E-state index contributed by atoms with van der Waals surface area (Å²) in [7, 11) is 0. The fraction of sp³-hybridized carbons (Fsp3) is 0.188. The van der Waals surface area contributed by atoms with Gasteiger partial charge in [0.25, 0.3) is 0 Å². The third-order valence-electron chi connectivity index (χ3n) is 3.39. The monoisotopic (exact) mass is 450 g/mol. The van der Waals surface area contributed by atoms with E-state index in [2.05, 4.69) is 20.4 Å². The van der Waals surface area contributed by atoms with Crippen molar-refractivity contribution in [1.29, 1.82) is 0 Å². The third-order valence-corrected chi connectivity index (χ3v) is 3.39. The molecule has 0 aliphatic heterocycles. The Bertz CT molecular complexity index is 1130. The summed E-state index contributed by atoms with van der Waals surface area (Å²) in [6.07, 6.45) is -7.02. The summed E-state index contributed by atoms with van der Waals surface area (Å²) in [5.41, 5.74) is 5.11. The van der Waals surface area contributed by atoms with Gasteiger partial charge in [-0.2, -0.15) is 31.4 Å². The third kappa shape index (κ3) is 6.03. The number of carbonyl (C=O) groups is 2. The van der Waals surface area contributed by atoms with Crippen LogP contribution >= 0.6 is 0 Å². The first-order valence-electron chi connectivity index (χ1n) is 7.95. The molecule has 9 nitrogen and oxygen atoms in total. The van der Waals surface area contributed by atoms with Crippen molar-refractivity contribution in [3.63, 3.8) is 0 Å². The average Bonchev–Trinajstić information content (AvgIpc) is 3.01. The Hall–Kier alpha value is -3.91. The number of anilines is 2. The van der Waals surface area contributed by atoms with Crippen LogP contribution in [0.1, 0.15) is 12.5 Å². The molecule has 0 aliphatic rings. The van der Waals surface area contributed by atoms with E-state index in [-0.39, 0.29) is 17.2 Å². The maximum Gasteiger partial charge on any atom is 0.490 e. The van der Waals surface area contributed by atoms with Crippen LogP contribution in [-0.4, -0.2) is 42.7 Å². The number of hydrogen-bond donors (Lipinski definition) is 3. The van der Waals surface area contributed by atoms with Gasteiger partial charge in [0, 0.05) is 18.7 Å². The molecular weight excluding hydrogens is 438 g/mol. The van der Waals surface area contributed by atoms with Crippen molar-refractivity contribution in [2.45, 2.75) is 19.3 Å². The molecule has 3 aromatic rings. The fourth-order valence-corrected chi connectivity index (χ4v) is 2.12. The molecule has 0 fully saturated rings. The van der Waals surface area contributed by atoms with Gasteiger partial charge in [0.1, 0.15) is 5.82 Å². The summed E-state index contributed by atoms with van der Waals surface area (Å²) < 4.78 is 71.9. The maximum atomic E-state index is 12.9. The van der Waals surface area contributed by atoms with Gasteiger partial charge in [0.05, 0.1) is 17.5 Å². The number of fused-ring (bicyclic) bond motifs is 1. The number of aliphatic carboxylic acids is 1. The quantitative estimate of drug-likeness (QED) is 0.511. The normalized spacial score (nSPS) is 11.6. The van der Waals surface area contributed by atoms with E-state index in [0.29, 0.717) is 11.5 Å². The molecule has 0 radical (unpaired) electrons. The van der Waals surface area contributed by atoms with Crippen LogP contribution in [0.25, 0.3) is 16.9 Å². The summed E-state index contributed by atoms with van der Waals surface area (Å²) >= 11 is 0. The Labute approximate surface area is 168 Å². The maximum absolute atomic E-state index is 12.9. The van der Waals surface area contributed by atoms with Gasteiger partial charge >= 0.3 is 18.3 Å². The van der Waals surface area contributed by atoms with E-state index in [0.717, 1.165) is 6.07 Å². The number of halogens is 6. The molecule has 4 N–H and O–H groups in total. The number of alkyl halides is 6. The number of nitrogens with one attached hydrogen (secondary N) is 1. The molecule has 0 aliphatic carbocycles. The van der Waals surface area contributed by atoms with Crippen molar-refractivity contribution in [1.82, 2.24) is 19.6 Å². The van der Waals surface area contributed by atoms with Gasteiger partial charge in [-0.3, -0.25) is 4.79 Å². The van der Waals surface area contributed by atoms with Crippen LogP contribution < -0.4 is 11.1 Å². The Kier molecular flexibility index (Phi) is 6.37. The number of nitrogen functional groups attached to an aromatic ring is 1. The van der Waals surface area contributed by atoms with Crippen LogP contribution in [0.5, 0.6) is 0 Å². The van der Waals surface area contributed by atoms with Crippen LogP contribution in [0.2, 0.25) is 0 Å². The lowest BCUT2D eigenvalue weighted by atomic mass is 10.1. The van der Waals surface area contributed by atoms with Gasteiger partial charge in [0.2, 0.25) is 5.91 Å². The SMILES string of the molecule is CC(=O)Nc1cn2nc(-c3cnc(N)c(C(F)(F)F)c3)ccc2n1.O=C(O)C(F)(F)F. The molecule has 0 unspecified atom stereocenters. The van der Waals surface area contributed by atoms with Gasteiger partial charge in [-0.05, 0) is 18.2 Å². The van der Waals surface area contributed by atoms with Crippen molar-refractivity contribution in [3.8, 4) is 11.3 Å². The number of aromatic nitrogens is 4. The number of rotatable bonds is 2. The summed E-state index contributed by atoms with van der Waals surface area (Å²) in [6, 6.07) is 3.96. The van der Waals surface area contributed by atoms with E-state index in [1.54, 1.807) is 6.07 Å². The number of pyridine rings is 1. The van der Waals surface area contributed by atoms with Gasteiger partial charge in [-0.1, -0.05) is 0 Å². The smallest absolute Gasteiger partial charge is 0.475 e. The number of carbonyl (C=O) groups excluding carboxylic acids is 1. The zero-order valence-electron chi connectivity index (χ0n) is 15.3. The predicted octanol–water partition coefficient (Wildman–Crippen LogP) is 2.98. The van der Waals surface area contributed by atoms with Crippen molar-refractivity contribution in [3.05, 3.63) is 36.2 Å². The highest BCUT2D eigenvalue weighted by molar-refractivity contribution is 5.87. The molecule has 0 spiro atoms. The minimum atomic E-state index is -5.08. The number of nitrogens with zero attached hydrogens (tertiary/aromatic N) is 4. The molecule has 0 saturated carbocycles. The average molecular weight is 450 g/mol. The summed E-state index contributed by atoms with van der Waals surface area (Å²) in [5, 5.41) is 13.8. The van der Waals surface area contributed by atoms with Gasteiger partial charge in [-0.15, -0.1) is 0 Å². The topological polar surface area (TPSA) is 136 Å². The lowest BCUT2D eigenvalue weighted by molar-refractivity contribution is -0.192. The molecule has 0 aromatic carbocycles. The molecule has 1 amide bonds. The lowest BCUT2D eigenvalue weighted by Gasteiger charge is -2.10. The van der Waals surface area contributed by atoms with Crippen LogP contribution in [0.3, 0.4) is 0 Å². The summed E-state index contributed by atoms with van der Waals surface area (Å²) in [5.74, 6) is -3.36. The van der Waals surface area contributed by atoms with E-state index in [1.807, 2.05) is 0 Å². The Balaban J connectivity index is 0.000000423. The van der Waals surface area contributed by atoms with Crippen molar-refractivity contribution >= 4 is 29.2 Å². The van der Waals surface area contributed by atoms with E-state index >= 15 is 0 Å². The van der Waals surface area contributed by atoms with Crippen molar-refractivity contribution in [2.75, 3.05) is 11.1 Å². The second-order valence-corrected chi connectivity index (χ2v) is 5.79. The Morgan fingerprint density at radius 2 is 1.77 bits per heavy atom. The first kappa shape index (κ1) is 23.4. The van der Waals surface area contributed by atoms with Crippen LogP contribution in [0.15, 0.2) is 30.6 Å².